The van der Waals surface area contributed by atoms with E-state index in [0.717, 1.165) is 16.3 Å². The largest absolute Gasteiger partial charge is 0.495 e. The molecule has 0 bridgehead atoms. The van der Waals surface area contributed by atoms with E-state index >= 15 is 0 Å². The second-order valence-electron chi connectivity index (χ2n) is 8.74. The fourth-order valence-corrected chi connectivity index (χ4v) is 5.06. The monoisotopic (exact) mass is 601 g/mol. The standard InChI is InChI=1S/C25H33BrClN3O5S/c1-17(2)28-25(32)18(3)29(16-19-8-10-20(26)11-9-19)24(31)7-6-14-30(36(5,33)34)21-12-13-23(35-4)22(27)15-21/h8-13,15,17-18H,6-7,14,16H2,1-5H3,(H,28,32)/t18-/m1/s1. The maximum Gasteiger partial charge on any atom is 0.242 e. The Morgan fingerprint density at radius 2 is 1.75 bits per heavy atom. The Labute approximate surface area is 227 Å². The molecule has 0 aliphatic rings. The third kappa shape index (κ3) is 8.67. The number of rotatable bonds is 12. The molecule has 0 unspecified atom stereocenters. The molecule has 0 aliphatic carbocycles. The van der Waals surface area contributed by atoms with Gasteiger partial charge in [-0.05, 0) is 63.1 Å². The van der Waals surface area contributed by atoms with Gasteiger partial charge in [-0.25, -0.2) is 8.42 Å². The second-order valence-corrected chi connectivity index (χ2v) is 12.0. The van der Waals surface area contributed by atoms with Crippen LogP contribution in [0.25, 0.3) is 0 Å². The van der Waals surface area contributed by atoms with Crippen molar-refractivity contribution >= 4 is 55.1 Å². The summed E-state index contributed by atoms with van der Waals surface area (Å²) in [7, 11) is -2.15. The van der Waals surface area contributed by atoms with E-state index in [9.17, 15) is 18.0 Å². The van der Waals surface area contributed by atoms with Gasteiger partial charge in [-0.3, -0.25) is 13.9 Å². The molecule has 1 N–H and O–H groups in total. The summed E-state index contributed by atoms with van der Waals surface area (Å²) in [6.45, 7) is 5.73. The van der Waals surface area contributed by atoms with E-state index in [1.54, 1.807) is 19.1 Å². The molecule has 0 spiro atoms. The third-order valence-electron chi connectivity index (χ3n) is 5.44. The molecule has 0 saturated heterocycles. The van der Waals surface area contributed by atoms with Gasteiger partial charge in [0.1, 0.15) is 11.8 Å². The number of nitrogens with zero attached hydrogens (tertiary/aromatic N) is 2. The zero-order valence-corrected chi connectivity index (χ0v) is 24.3. The fourth-order valence-electron chi connectivity index (χ4n) is 3.59. The maximum atomic E-state index is 13.3. The number of halogens is 2. The SMILES string of the molecule is COc1ccc(N(CCCC(=O)N(Cc2ccc(Br)cc2)[C@H](C)C(=O)NC(C)C)S(C)(=O)=O)cc1Cl. The number of nitrogens with one attached hydrogen (secondary N) is 1. The highest BCUT2D eigenvalue weighted by atomic mass is 79.9. The van der Waals surface area contributed by atoms with Crippen LogP contribution in [0.5, 0.6) is 5.75 Å². The predicted molar refractivity (Wildman–Crippen MR) is 147 cm³/mol. The minimum atomic E-state index is -3.63. The summed E-state index contributed by atoms with van der Waals surface area (Å²) in [5.41, 5.74) is 1.26. The van der Waals surface area contributed by atoms with Crippen LogP contribution in [0.2, 0.25) is 5.02 Å². The molecule has 0 aliphatic heterocycles. The van der Waals surface area contributed by atoms with Gasteiger partial charge >= 0.3 is 0 Å². The van der Waals surface area contributed by atoms with Crippen molar-refractivity contribution in [2.45, 2.75) is 52.2 Å². The van der Waals surface area contributed by atoms with Gasteiger partial charge < -0.3 is 15.0 Å². The zero-order valence-electron chi connectivity index (χ0n) is 21.1. The van der Waals surface area contributed by atoms with Gasteiger partial charge in [0.15, 0.2) is 0 Å². The van der Waals surface area contributed by atoms with Crippen molar-refractivity contribution in [1.82, 2.24) is 10.2 Å². The highest BCUT2D eigenvalue weighted by molar-refractivity contribution is 9.10. The van der Waals surface area contributed by atoms with Crippen LogP contribution in [0, 0.1) is 0 Å². The number of hydrogen-bond acceptors (Lipinski definition) is 5. The van der Waals surface area contributed by atoms with Gasteiger partial charge in [-0.2, -0.15) is 0 Å². The Bertz CT molecular complexity index is 1160. The van der Waals surface area contributed by atoms with E-state index in [0.29, 0.717) is 11.4 Å². The average molecular weight is 603 g/mol. The van der Waals surface area contributed by atoms with Crippen LogP contribution < -0.4 is 14.4 Å². The lowest BCUT2D eigenvalue weighted by atomic mass is 10.1. The van der Waals surface area contributed by atoms with Crippen molar-refractivity contribution in [3.8, 4) is 5.75 Å². The molecule has 36 heavy (non-hydrogen) atoms. The summed E-state index contributed by atoms with van der Waals surface area (Å²) < 4.78 is 32.2. The molecule has 8 nitrogen and oxygen atoms in total. The Hall–Kier alpha value is -2.30. The summed E-state index contributed by atoms with van der Waals surface area (Å²) in [5, 5.41) is 3.14. The lowest BCUT2D eigenvalue weighted by Gasteiger charge is -2.30. The normalized spacial score (nSPS) is 12.2. The van der Waals surface area contributed by atoms with Gasteiger partial charge in [0.05, 0.1) is 24.1 Å². The van der Waals surface area contributed by atoms with Crippen molar-refractivity contribution in [3.05, 3.63) is 57.5 Å². The summed E-state index contributed by atoms with van der Waals surface area (Å²) in [4.78, 5) is 27.5. The number of carbonyl (C=O) groups excluding carboxylic acids is 2. The van der Waals surface area contributed by atoms with Crippen molar-refractivity contribution in [2.75, 3.05) is 24.2 Å². The van der Waals surface area contributed by atoms with E-state index < -0.39 is 16.1 Å². The van der Waals surface area contributed by atoms with Gasteiger partial charge in [-0.1, -0.05) is 39.7 Å². The van der Waals surface area contributed by atoms with Crippen LogP contribution in [0.15, 0.2) is 46.9 Å². The van der Waals surface area contributed by atoms with Crippen molar-refractivity contribution in [3.63, 3.8) is 0 Å². The zero-order chi connectivity index (χ0) is 27.0. The quantitative estimate of drug-likeness (QED) is 0.383. The molecular formula is C25H33BrClN3O5S. The first kappa shape index (κ1) is 29.9. The molecule has 0 fully saturated rings. The Kier molecular flexibility index (Phi) is 11.1. The molecule has 0 heterocycles. The van der Waals surface area contributed by atoms with Gasteiger partial charge in [0.2, 0.25) is 21.8 Å². The van der Waals surface area contributed by atoms with Crippen LogP contribution in [-0.2, 0) is 26.2 Å². The number of ether oxygens (including phenoxy) is 1. The van der Waals surface area contributed by atoms with Gasteiger partial charge in [0.25, 0.3) is 0 Å². The van der Waals surface area contributed by atoms with Gasteiger partial charge in [0, 0.05) is 30.0 Å². The molecule has 0 saturated carbocycles. The first-order valence-electron chi connectivity index (χ1n) is 11.5. The van der Waals surface area contributed by atoms with E-state index in [2.05, 4.69) is 21.2 Å². The van der Waals surface area contributed by atoms with E-state index in [1.165, 1.54) is 22.4 Å². The van der Waals surface area contributed by atoms with Crippen LogP contribution in [0.1, 0.15) is 39.2 Å². The number of anilines is 1. The van der Waals surface area contributed by atoms with Crippen molar-refractivity contribution < 1.29 is 22.7 Å². The summed E-state index contributed by atoms with van der Waals surface area (Å²) in [6, 6.07) is 11.5. The highest BCUT2D eigenvalue weighted by Gasteiger charge is 2.27. The van der Waals surface area contributed by atoms with Gasteiger partial charge in [-0.15, -0.1) is 0 Å². The summed E-state index contributed by atoms with van der Waals surface area (Å²) >= 11 is 9.59. The first-order chi connectivity index (χ1) is 16.8. The maximum absolute atomic E-state index is 13.3. The number of carbonyl (C=O) groups is 2. The first-order valence-corrected chi connectivity index (χ1v) is 14.5. The summed E-state index contributed by atoms with van der Waals surface area (Å²) in [6.07, 6.45) is 1.42. The lowest BCUT2D eigenvalue weighted by molar-refractivity contribution is -0.140. The summed E-state index contributed by atoms with van der Waals surface area (Å²) in [5.74, 6) is -0.0621. The molecule has 0 aromatic heterocycles. The molecule has 2 aromatic rings. The number of methoxy groups -OCH3 is 1. The molecular weight excluding hydrogens is 570 g/mol. The van der Waals surface area contributed by atoms with Crippen molar-refractivity contribution in [1.29, 1.82) is 0 Å². The topological polar surface area (TPSA) is 96.0 Å². The Balaban J connectivity index is 2.18. The van der Waals surface area contributed by atoms with E-state index in [4.69, 9.17) is 16.3 Å². The number of benzene rings is 2. The molecule has 0 radical (unpaired) electrons. The number of amides is 2. The highest BCUT2D eigenvalue weighted by Crippen LogP contribution is 2.30. The van der Waals surface area contributed by atoms with Crippen molar-refractivity contribution in [2.24, 2.45) is 0 Å². The average Bonchev–Trinajstić information content (AvgIpc) is 2.79. The smallest absolute Gasteiger partial charge is 0.242 e. The van der Waals surface area contributed by atoms with Crippen LogP contribution in [-0.4, -0.2) is 57.1 Å². The second kappa shape index (κ2) is 13.3. The van der Waals surface area contributed by atoms with E-state index in [-0.39, 0.29) is 48.8 Å². The predicted octanol–water partition coefficient (Wildman–Crippen LogP) is 4.60. The molecule has 1 atom stereocenters. The number of sulfonamides is 1. The van der Waals surface area contributed by atoms with Crippen LogP contribution in [0.3, 0.4) is 0 Å². The minimum Gasteiger partial charge on any atom is -0.495 e. The lowest BCUT2D eigenvalue weighted by Crippen LogP contribution is -2.49. The fraction of sp³-hybridized carbons (Fsp3) is 0.440. The Morgan fingerprint density at radius 1 is 1.11 bits per heavy atom. The molecule has 198 valence electrons. The molecule has 2 rings (SSSR count). The minimum absolute atomic E-state index is 0.0612. The van der Waals surface area contributed by atoms with Crippen LogP contribution in [0.4, 0.5) is 5.69 Å². The Morgan fingerprint density at radius 3 is 2.28 bits per heavy atom. The van der Waals surface area contributed by atoms with E-state index in [1.807, 2.05) is 38.1 Å². The number of hydrogen-bond donors (Lipinski definition) is 1. The molecule has 2 amide bonds. The molecule has 2 aromatic carbocycles. The van der Waals surface area contributed by atoms with Crippen LogP contribution >= 0.6 is 27.5 Å². The molecule has 11 heteroatoms. The third-order valence-corrected chi connectivity index (χ3v) is 7.46.